The molecule has 5 nitrogen and oxygen atoms in total. The molecule has 0 saturated carbocycles. The van der Waals surface area contributed by atoms with Gasteiger partial charge in [0.2, 0.25) is 5.91 Å². The van der Waals surface area contributed by atoms with Crippen molar-refractivity contribution in [2.24, 2.45) is 0 Å². The van der Waals surface area contributed by atoms with Crippen molar-refractivity contribution in [1.29, 1.82) is 0 Å². The Bertz CT molecular complexity index is 878. The number of thioether (sulfide) groups is 1. The molecule has 0 atom stereocenters. The zero-order valence-corrected chi connectivity index (χ0v) is 14.7. The van der Waals surface area contributed by atoms with E-state index in [0.29, 0.717) is 5.56 Å². The molecule has 1 aliphatic heterocycles. The van der Waals surface area contributed by atoms with Gasteiger partial charge < -0.3 is 5.32 Å². The van der Waals surface area contributed by atoms with E-state index in [4.69, 9.17) is 0 Å². The first-order chi connectivity index (χ1) is 11.9. The van der Waals surface area contributed by atoms with E-state index >= 15 is 0 Å². The van der Waals surface area contributed by atoms with Crippen molar-refractivity contribution in [1.82, 2.24) is 4.90 Å². The number of aryl methyl sites for hydroxylation is 1. The predicted octanol–water partition coefficient (Wildman–Crippen LogP) is 3.87. The third-order valence-corrected chi connectivity index (χ3v) is 5.17. The van der Waals surface area contributed by atoms with Gasteiger partial charge in [-0.25, -0.2) is 4.39 Å². The van der Waals surface area contributed by atoms with Crippen molar-refractivity contribution in [3.05, 3.63) is 56.9 Å². The van der Waals surface area contributed by atoms with Crippen molar-refractivity contribution in [3.63, 3.8) is 0 Å². The van der Waals surface area contributed by atoms with E-state index in [1.807, 2.05) is 17.5 Å². The smallest absolute Gasteiger partial charge is 0.294 e. The third-order valence-electron chi connectivity index (χ3n) is 3.45. The number of carbonyl (C=O) groups is 3. The molecule has 0 unspecified atom stereocenters. The monoisotopic (exact) mass is 376 g/mol. The Kier molecular flexibility index (Phi) is 5.00. The second kappa shape index (κ2) is 7.20. The molecule has 1 aromatic heterocycles. The molecule has 0 spiro atoms. The van der Waals surface area contributed by atoms with Crippen LogP contribution in [0.1, 0.15) is 10.4 Å². The number of amides is 3. The lowest BCUT2D eigenvalue weighted by Crippen LogP contribution is -2.36. The van der Waals surface area contributed by atoms with E-state index in [1.54, 1.807) is 19.1 Å². The van der Waals surface area contributed by atoms with Crippen molar-refractivity contribution in [2.45, 2.75) is 6.92 Å². The molecule has 0 radical (unpaired) electrons. The molecular formula is C17H13FN2O3S2. The lowest BCUT2D eigenvalue weighted by Gasteiger charge is -2.12. The van der Waals surface area contributed by atoms with Crippen LogP contribution in [-0.2, 0) is 9.59 Å². The summed E-state index contributed by atoms with van der Waals surface area (Å²) >= 11 is 2.24. The minimum absolute atomic E-state index is 0.272. The maximum Gasteiger partial charge on any atom is 0.294 e. The largest absolute Gasteiger partial charge is 0.324 e. The number of nitrogens with zero attached hydrogens (tertiary/aromatic N) is 1. The SMILES string of the molecule is Cc1ccc(NC(=O)CN2C(=O)S/C(=C\c3cccs3)C2=O)cc1F. The van der Waals surface area contributed by atoms with Gasteiger partial charge in [0.05, 0.1) is 4.91 Å². The maximum atomic E-state index is 13.5. The molecule has 2 heterocycles. The number of imide groups is 1. The average Bonchev–Trinajstić information content (AvgIpc) is 3.15. The Hall–Kier alpha value is -2.45. The topological polar surface area (TPSA) is 66.5 Å². The second-order valence-electron chi connectivity index (χ2n) is 5.30. The Morgan fingerprint density at radius 1 is 1.32 bits per heavy atom. The molecule has 0 bridgehead atoms. The zero-order valence-electron chi connectivity index (χ0n) is 13.1. The summed E-state index contributed by atoms with van der Waals surface area (Å²) in [5, 5.41) is 3.85. The summed E-state index contributed by atoms with van der Waals surface area (Å²) in [5.41, 5.74) is 0.733. The first-order valence-electron chi connectivity index (χ1n) is 7.29. The third kappa shape index (κ3) is 3.97. The maximum absolute atomic E-state index is 13.5. The highest BCUT2D eigenvalue weighted by atomic mass is 32.2. The Morgan fingerprint density at radius 3 is 2.80 bits per heavy atom. The number of thiophene rings is 1. The van der Waals surface area contributed by atoms with E-state index in [2.05, 4.69) is 5.32 Å². The number of hydrogen-bond donors (Lipinski definition) is 1. The number of hydrogen-bond acceptors (Lipinski definition) is 5. The summed E-state index contributed by atoms with van der Waals surface area (Å²) in [7, 11) is 0. The van der Waals surface area contributed by atoms with Crippen molar-refractivity contribution >= 4 is 51.9 Å². The molecule has 3 amide bonds. The van der Waals surface area contributed by atoms with Gasteiger partial charge in [-0.3, -0.25) is 19.3 Å². The van der Waals surface area contributed by atoms with Gasteiger partial charge in [0.25, 0.3) is 11.1 Å². The predicted molar refractivity (Wildman–Crippen MR) is 96.8 cm³/mol. The molecule has 2 aromatic rings. The lowest BCUT2D eigenvalue weighted by atomic mass is 10.2. The number of anilines is 1. The van der Waals surface area contributed by atoms with Gasteiger partial charge in [-0.1, -0.05) is 12.1 Å². The summed E-state index contributed by atoms with van der Waals surface area (Å²) < 4.78 is 13.5. The summed E-state index contributed by atoms with van der Waals surface area (Å²) in [6.07, 6.45) is 1.63. The van der Waals surface area contributed by atoms with Crippen LogP contribution in [0.5, 0.6) is 0 Å². The second-order valence-corrected chi connectivity index (χ2v) is 7.27. The van der Waals surface area contributed by atoms with Gasteiger partial charge >= 0.3 is 0 Å². The van der Waals surface area contributed by atoms with Crippen LogP contribution in [0.2, 0.25) is 0 Å². The van der Waals surface area contributed by atoms with Crippen LogP contribution in [0.15, 0.2) is 40.6 Å². The van der Waals surface area contributed by atoms with Gasteiger partial charge in [-0.2, -0.15) is 0 Å². The van der Waals surface area contributed by atoms with Gasteiger partial charge in [0, 0.05) is 10.6 Å². The van der Waals surface area contributed by atoms with E-state index in [9.17, 15) is 18.8 Å². The zero-order chi connectivity index (χ0) is 18.0. The molecule has 0 aliphatic carbocycles. The fourth-order valence-electron chi connectivity index (χ4n) is 2.15. The highest BCUT2D eigenvalue weighted by Crippen LogP contribution is 2.32. The standard InChI is InChI=1S/C17H13FN2O3S2/c1-10-4-5-11(7-13(10)18)19-15(21)9-20-16(22)14(25-17(20)23)8-12-3-2-6-24-12/h2-8H,9H2,1H3,(H,19,21)/b14-8-. The minimum atomic E-state index is -0.567. The fourth-order valence-corrected chi connectivity index (χ4v) is 3.71. The van der Waals surface area contributed by atoms with Crippen molar-refractivity contribution in [3.8, 4) is 0 Å². The van der Waals surface area contributed by atoms with Gasteiger partial charge in [-0.15, -0.1) is 11.3 Å². The van der Waals surface area contributed by atoms with Crippen molar-refractivity contribution in [2.75, 3.05) is 11.9 Å². The number of halogens is 1. The summed E-state index contributed by atoms with van der Waals surface area (Å²) in [4.78, 5) is 38.4. The van der Waals surface area contributed by atoms with Crippen LogP contribution < -0.4 is 5.32 Å². The Morgan fingerprint density at radius 2 is 2.12 bits per heavy atom. The van der Waals surface area contributed by atoms with E-state index < -0.39 is 29.4 Å². The summed E-state index contributed by atoms with van der Waals surface area (Å²) in [5.74, 6) is -1.51. The highest BCUT2D eigenvalue weighted by Gasteiger charge is 2.36. The van der Waals surface area contributed by atoms with E-state index in [-0.39, 0.29) is 10.6 Å². The summed E-state index contributed by atoms with van der Waals surface area (Å²) in [6, 6.07) is 7.96. The molecule has 8 heteroatoms. The fraction of sp³-hybridized carbons (Fsp3) is 0.118. The van der Waals surface area contributed by atoms with E-state index in [0.717, 1.165) is 21.5 Å². The van der Waals surface area contributed by atoms with Gasteiger partial charge in [-0.05, 0) is 53.9 Å². The quantitative estimate of drug-likeness (QED) is 0.823. The van der Waals surface area contributed by atoms with Crippen LogP contribution in [0, 0.1) is 12.7 Å². The summed E-state index contributed by atoms with van der Waals surface area (Å²) in [6.45, 7) is 1.20. The molecule has 1 fully saturated rings. The number of rotatable bonds is 4. The first-order valence-corrected chi connectivity index (χ1v) is 8.98. The first kappa shape index (κ1) is 17.4. The molecule has 1 saturated heterocycles. The minimum Gasteiger partial charge on any atom is -0.324 e. The lowest BCUT2D eigenvalue weighted by molar-refractivity contribution is -0.127. The Balaban J connectivity index is 1.67. The van der Waals surface area contributed by atoms with Crippen LogP contribution in [0.3, 0.4) is 0 Å². The number of benzene rings is 1. The molecular weight excluding hydrogens is 363 g/mol. The van der Waals surface area contributed by atoms with Crippen LogP contribution in [0.4, 0.5) is 14.9 Å². The van der Waals surface area contributed by atoms with E-state index in [1.165, 1.54) is 23.5 Å². The van der Waals surface area contributed by atoms with Crippen LogP contribution >= 0.6 is 23.1 Å². The molecule has 1 aromatic carbocycles. The van der Waals surface area contributed by atoms with Gasteiger partial charge in [0.1, 0.15) is 12.4 Å². The highest BCUT2D eigenvalue weighted by molar-refractivity contribution is 8.18. The number of nitrogens with one attached hydrogen (secondary N) is 1. The van der Waals surface area contributed by atoms with Crippen LogP contribution in [0.25, 0.3) is 6.08 Å². The Labute approximate surface area is 151 Å². The molecule has 3 rings (SSSR count). The molecule has 25 heavy (non-hydrogen) atoms. The van der Waals surface area contributed by atoms with Crippen LogP contribution in [-0.4, -0.2) is 28.5 Å². The molecule has 1 aliphatic rings. The molecule has 1 N–H and O–H groups in total. The number of carbonyl (C=O) groups excluding carboxylic acids is 3. The van der Waals surface area contributed by atoms with Crippen molar-refractivity contribution < 1.29 is 18.8 Å². The average molecular weight is 376 g/mol. The van der Waals surface area contributed by atoms with Gasteiger partial charge in [0.15, 0.2) is 0 Å². The normalized spacial score (nSPS) is 15.9. The molecule has 128 valence electrons.